The predicted molar refractivity (Wildman–Crippen MR) is 102 cm³/mol. The molecule has 1 heterocycles. The van der Waals surface area contributed by atoms with E-state index in [0.29, 0.717) is 0 Å². The van der Waals surface area contributed by atoms with E-state index in [1.54, 1.807) is 0 Å². The Morgan fingerprint density at radius 1 is 0.885 bits per heavy atom. The molecule has 0 N–H and O–H groups in total. The number of hydrogen-bond acceptors (Lipinski definition) is 1. The SMILES string of the molecule is Cc1ccc(-c2[c-]c3ccccc3cc2)[c-]c1-c1nccc[n+]1C.[B].[Y]. The maximum atomic E-state index is 4.52. The topological polar surface area (TPSA) is 16.8 Å². The average molecular weight is 409 g/mol. The van der Waals surface area contributed by atoms with Crippen molar-refractivity contribution in [3.8, 4) is 22.5 Å². The molecule has 3 aromatic carbocycles. The molecule has 0 atom stereocenters. The summed E-state index contributed by atoms with van der Waals surface area (Å²) < 4.78 is 2.02. The van der Waals surface area contributed by atoms with E-state index in [-0.39, 0.29) is 41.1 Å². The first-order valence-corrected chi connectivity index (χ1v) is 7.98. The molecule has 0 saturated carbocycles. The van der Waals surface area contributed by atoms with Crippen LogP contribution in [0.25, 0.3) is 33.3 Å². The molecule has 26 heavy (non-hydrogen) atoms. The second kappa shape index (κ2) is 8.70. The van der Waals surface area contributed by atoms with Crippen molar-refractivity contribution in [1.29, 1.82) is 0 Å². The minimum Gasteiger partial charge on any atom is -0.265 e. The quantitative estimate of drug-likeness (QED) is 0.279. The molecule has 4 rings (SSSR count). The van der Waals surface area contributed by atoms with Crippen LogP contribution in [0.3, 0.4) is 0 Å². The molecule has 0 aliphatic carbocycles. The van der Waals surface area contributed by atoms with Gasteiger partial charge in [-0.15, -0.1) is 35.2 Å². The molecule has 4 radical (unpaired) electrons. The molecule has 2 nitrogen and oxygen atoms in total. The van der Waals surface area contributed by atoms with E-state index in [0.717, 1.165) is 33.5 Å². The van der Waals surface area contributed by atoms with Crippen LogP contribution in [-0.2, 0) is 39.8 Å². The normalized spacial score (nSPS) is 10.1. The van der Waals surface area contributed by atoms with Gasteiger partial charge >= 0.3 is 0 Å². The van der Waals surface area contributed by atoms with E-state index in [2.05, 4.69) is 60.4 Å². The fraction of sp³-hybridized carbons (Fsp3) is 0.0909. The van der Waals surface area contributed by atoms with Crippen molar-refractivity contribution in [2.45, 2.75) is 6.92 Å². The van der Waals surface area contributed by atoms with Crippen molar-refractivity contribution < 1.29 is 37.3 Å². The molecule has 4 aromatic rings. The molecule has 0 fully saturated rings. The van der Waals surface area contributed by atoms with E-state index in [1.165, 1.54) is 5.39 Å². The fourth-order valence-electron chi connectivity index (χ4n) is 2.91. The summed E-state index contributed by atoms with van der Waals surface area (Å²) in [6.45, 7) is 2.09. The first kappa shape index (κ1) is 20.5. The van der Waals surface area contributed by atoms with Gasteiger partial charge in [0, 0.05) is 47.2 Å². The van der Waals surface area contributed by atoms with Gasteiger partial charge in [0.25, 0.3) is 5.82 Å². The summed E-state index contributed by atoms with van der Waals surface area (Å²) in [5, 5.41) is 2.32. The summed E-state index contributed by atoms with van der Waals surface area (Å²) in [4.78, 5) is 4.52. The molecule has 0 spiro atoms. The third kappa shape index (κ3) is 3.95. The van der Waals surface area contributed by atoms with Crippen molar-refractivity contribution in [1.82, 2.24) is 4.98 Å². The minimum atomic E-state index is 0. The number of hydrogen-bond donors (Lipinski definition) is 0. The predicted octanol–water partition coefficient (Wildman–Crippen LogP) is 3.92. The molecule has 1 aromatic heterocycles. The third-order valence-electron chi connectivity index (χ3n) is 4.25. The molecule has 4 heteroatoms. The monoisotopic (exact) mass is 409 g/mol. The van der Waals surface area contributed by atoms with Crippen LogP contribution in [0.15, 0.2) is 67.0 Å². The Labute approximate surface area is 181 Å². The Morgan fingerprint density at radius 2 is 1.62 bits per heavy atom. The van der Waals surface area contributed by atoms with Crippen LogP contribution in [0.4, 0.5) is 0 Å². The van der Waals surface area contributed by atoms with Crippen molar-refractivity contribution in [3.05, 3.63) is 84.7 Å². The zero-order valence-corrected chi connectivity index (χ0v) is 17.7. The van der Waals surface area contributed by atoms with Crippen LogP contribution < -0.4 is 4.57 Å². The summed E-state index contributed by atoms with van der Waals surface area (Å²) in [5.41, 5.74) is 4.27. The van der Waals surface area contributed by atoms with Crippen LogP contribution in [0.2, 0.25) is 0 Å². The summed E-state index contributed by atoms with van der Waals surface area (Å²) in [5.74, 6) is 0.914. The van der Waals surface area contributed by atoms with Gasteiger partial charge in [-0.1, -0.05) is 35.5 Å². The van der Waals surface area contributed by atoms with E-state index in [1.807, 2.05) is 42.2 Å². The van der Waals surface area contributed by atoms with Crippen LogP contribution in [0, 0.1) is 19.1 Å². The van der Waals surface area contributed by atoms with Crippen LogP contribution in [-0.4, -0.2) is 13.4 Å². The second-order valence-corrected chi connectivity index (χ2v) is 5.94. The maximum absolute atomic E-state index is 4.52. The van der Waals surface area contributed by atoms with Crippen LogP contribution in [0.5, 0.6) is 0 Å². The molecule has 122 valence electrons. The zero-order chi connectivity index (χ0) is 16.5. The van der Waals surface area contributed by atoms with Gasteiger partial charge in [0.05, 0.1) is 13.2 Å². The fourth-order valence-corrected chi connectivity index (χ4v) is 2.91. The number of benzene rings is 3. The minimum absolute atomic E-state index is 0. The Kier molecular flexibility index (Phi) is 6.86. The Morgan fingerprint density at radius 3 is 2.42 bits per heavy atom. The standard InChI is InChI=1S/C22H17N2.B.Y/c1-16-8-9-20(15-21(16)22-23-12-5-13-24(22)2)19-11-10-17-6-3-4-7-18(17)14-19;;/h3-13H,1-2H3;;/q-1;;. The Balaban J connectivity index is 0.00000121. The number of rotatable bonds is 2. The molecule has 0 saturated heterocycles. The molecular formula is C22H17BN2Y-. The third-order valence-corrected chi connectivity index (χ3v) is 4.25. The van der Waals surface area contributed by atoms with Crippen LogP contribution in [0.1, 0.15) is 5.56 Å². The molecule has 0 aliphatic heterocycles. The van der Waals surface area contributed by atoms with Gasteiger partial charge < -0.3 is 0 Å². The smallest absolute Gasteiger partial charge is 0.264 e. The first-order chi connectivity index (χ1) is 11.7. The first-order valence-electron chi connectivity index (χ1n) is 7.98. The second-order valence-electron chi connectivity index (χ2n) is 5.94. The number of fused-ring (bicyclic) bond motifs is 1. The Hall–Kier alpha value is -1.83. The molecule has 0 aliphatic rings. The van der Waals surface area contributed by atoms with Gasteiger partial charge in [-0.05, 0) is 5.56 Å². The van der Waals surface area contributed by atoms with Gasteiger partial charge in [0.15, 0.2) is 0 Å². The molecule has 0 amide bonds. The number of aromatic nitrogens is 2. The van der Waals surface area contributed by atoms with Gasteiger partial charge in [0.2, 0.25) is 0 Å². The number of nitrogens with zero attached hydrogens (tertiary/aromatic N) is 2. The van der Waals surface area contributed by atoms with Gasteiger partial charge in [0.1, 0.15) is 6.20 Å². The summed E-state index contributed by atoms with van der Waals surface area (Å²) in [6, 6.07) is 25.7. The van der Waals surface area contributed by atoms with Gasteiger partial charge in [-0.25, -0.2) is 0 Å². The van der Waals surface area contributed by atoms with Crippen LogP contribution >= 0.6 is 0 Å². The van der Waals surface area contributed by atoms with E-state index in [4.69, 9.17) is 0 Å². The van der Waals surface area contributed by atoms with Crippen molar-refractivity contribution >= 4 is 19.2 Å². The van der Waals surface area contributed by atoms with Crippen molar-refractivity contribution in [2.75, 3.05) is 0 Å². The van der Waals surface area contributed by atoms with E-state index >= 15 is 0 Å². The molecule has 0 bridgehead atoms. The summed E-state index contributed by atoms with van der Waals surface area (Å²) >= 11 is 0. The maximum Gasteiger partial charge on any atom is 0.264 e. The summed E-state index contributed by atoms with van der Waals surface area (Å²) in [6.07, 6.45) is 3.82. The van der Waals surface area contributed by atoms with Gasteiger partial charge in [-0.2, -0.15) is 29.3 Å². The van der Waals surface area contributed by atoms with Crippen molar-refractivity contribution in [3.63, 3.8) is 0 Å². The van der Waals surface area contributed by atoms with E-state index < -0.39 is 0 Å². The number of aryl methyl sites for hydroxylation is 2. The zero-order valence-electron chi connectivity index (χ0n) is 14.9. The average Bonchev–Trinajstić information content (AvgIpc) is 2.62. The largest absolute Gasteiger partial charge is 0.265 e. The Bertz CT molecular complexity index is 1050. The van der Waals surface area contributed by atoms with Crippen molar-refractivity contribution in [2.24, 2.45) is 7.05 Å². The van der Waals surface area contributed by atoms with E-state index in [9.17, 15) is 0 Å². The van der Waals surface area contributed by atoms with Gasteiger partial charge in [-0.3, -0.25) is 4.57 Å². The molecular weight excluding hydrogens is 392 g/mol. The summed E-state index contributed by atoms with van der Waals surface area (Å²) in [7, 11) is 2.00. The molecule has 0 unspecified atom stereocenters.